The number of aryl methyl sites for hydroxylation is 2. The molecular weight excluding hydrogens is 496 g/mol. The molecule has 0 saturated carbocycles. The summed E-state index contributed by atoms with van der Waals surface area (Å²) in [4.78, 5) is 24.5. The third-order valence-corrected chi connectivity index (χ3v) is 6.40. The molecule has 1 aliphatic rings. The molecule has 4 aromatic heterocycles. The number of rotatable bonds is 8. The van der Waals surface area contributed by atoms with Crippen molar-refractivity contribution < 1.29 is 23.0 Å². The van der Waals surface area contributed by atoms with Crippen molar-refractivity contribution in [1.29, 1.82) is 0 Å². The highest BCUT2D eigenvalue weighted by Crippen LogP contribution is 2.35. The van der Waals surface area contributed by atoms with E-state index in [0.717, 1.165) is 11.2 Å². The molecule has 0 spiro atoms. The summed E-state index contributed by atoms with van der Waals surface area (Å²) in [6.45, 7) is 4.81. The zero-order valence-corrected chi connectivity index (χ0v) is 21.3. The zero-order valence-electron chi connectivity index (χ0n) is 21.3. The van der Waals surface area contributed by atoms with E-state index in [1.54, 1.807) is 16.8 Å². The second-order valence-electron chi connectivity index (χ2n) is 9.76. The number of nitrogens with one attached hydrogen (secondary N) is 2. The Morgan fingerprint density at radius 1 is 1.18 bits per heavy atom. The lowest BCUT2D eigenvalue weighted by molar-refractivity contribution is -0.119. The SMILES string of the molecule is Cc1cc(Nc2cc3cc(-c4cc(OC(F)F)ncc4OC[C@H]4CC(=O)NC4(C)C)ccn3n2)nc(C)n1. The van der Waals surface area contributed by atoms with E-state index in [4.69, 9.17) is 4.74 Å². The topological polar surface area (TPSA) is 116 Å². The Labute approximate surface area is 217 Å². The first-order valence-corrected chi connectivity index (χ1v) is 12.0. The summed E-state index contributed by atoms with van der Waals surface area (Å²) in [5.74, 6) is 1.90. The van der Waals surface area contributed by atoms with Gasteiger partial charge in [0.15, 0.2) is 5.82 Å². The third kappa shape index (κ3) is 5.48. The lowest BCUT2D eigenvalue weighted by Gasteiger charge is -2.26. The molecule has 0 aliphatic carbocycles. The van der Waals surface area contributed by atoms with Crippen LogP contribution in [0.15, 0.2) is 42.7 Å². The highest BCUT2D eigenvalue weighted by molar-refractivity contribution is 5.80. The molecule has 0 unspecified atom stereocenters. The predicted molar refractivity (Wildman–Crippen MR) is 136 cm³/mol. The highest BCUT2D eigenvalue weighted by atomic mass is 19.3. The molecule has 0 aromatic carbocycles. The molecule has 5 rings (SSSR count). The zero-order chi connectivity index (χ0) is 27.0. The van der Waals surface area contributed by atoms with E-state index in [0.29, 0.717) is 40.8 Å². The van der Waals surface area contributed by atoms with Gasteiger partial charge in [0, 0.05) is 53.5 Å². The minimum atomic E-state index is -3.02. The summed E-state index contributed by atoms with van der Waals surface area (Å²) in [6, 6.07) is 8.73. The van der Waals surface area contributed by atoms with Crippen LogP contribution in [0, 0.1) is 19.8 Å². The number of halogens is 2. The first-order valence-electron chi connectivity index (χ1n) is 12.0. The van der Waals surface area contributed by atoms with Crippen molar-refractivity contribution in [2.24, 2.45) is 5.92 Å². The van der Waals surface area contributed by atoms with Gasteiger partial charge < -0.3 is 20.1 Å². The van der Waals surface area contributed by atoms with Crippen LogP contribution in [0.1, 0.15) is 31.8 Å². The molecule has 10 nitrogen and oxygen atoms in total. The number of alkyl halides is 2. The molecular formula is C26H27F2N7O3. The van der Waals surface area contributed by atoms with Crippen LogP contribution in [0.3, 0.4) is 0 Å². The Kier molecular flexibility index (Phi) is 6.55. The number of anilines is 2. The summed E-state index contributed by atoms with van der Waals surface area (Å²) in [6.07, 6.45) is 3.45. The molecule has 12 heteroatoms. The maximum absolute atomic E-state index is 12.9. The van der Waals surface area contributed by atoms with Crippen LogP contribution in [0.25, 0.3) is 16.6 Å². The van der Waals surface area contributed by atoms with E-state index in [9.17, 15) is 13.6 Å². The van der Waals surface area contributed by atoms with Crippen molar-refractivity contribution in [1.82, 2.24) is 29.9 Å². The van der Waals surface area contributed by atoms with Gasteiger partial charge in [0.25, 0.3) is 0 Å². The molecule has 1 aliphatic heterocycles. The quantitative estimate of drug-likeness (QED) is 0.348. The van der Waals surface area contributed by atoms with Gasteiger partial charge in [-0.2, -0.15) is 13.9 Å². The first kappa shape index (κ1) is 25.3. The second-order valence-corrected chi connectivity index (χ2v) is 9.76. The van der Waals surface area contributed by atoms with Gasteiger partial charge in [0.1, 0.15) is 17.4 Å². The van der Waals surface area contributed by atoms with E-state index in [1.165, 1.54) is 12.3 Å². The smallest absolute Gasteiger partial charge is 0.388 e. The van der Waals surface area contributed by atoms with Crippen molar-refractivity contribution >= 4 is 23.1 Å². The largest absolute Gasteiger partial charge is 0.491 e. The average Bonchev–Trinajstić information content (AvgIpc) is 3.33. The molecule has 5 heterocycles. The van der Waals surface area contributed by atoms with E-state index in [2.05, 4.69) is 35.4 Å². The van der Waals surface area contributed by atoms with Crippen molar-refractivity contribution in [3.05, 3.63) is 54.2 Å². The van der Waals surface area contributed by atoms with E-state index in [-0.39, 0.29) is 24.3 Å². The van der Waals surface area contributed by atoms with Crippen LogP contribution in [-0.2, 0) is 4.79 Å². The maximum Gasteiger partial charge on any atom is 0.388 e. The molecule has 2 N–H and O–H groups in total. The Hall–Kier alpha value is -4.35. The summed E-state index contributed by atoms with van der Waals surface area (Å²) < 4.78 is 38.1. The number of pyridine rings is 2. The number of nitrogens with zero attached hydrogens (tertiary/aromatic N) is 5. The van der Waals surface area contributed by atoms with Gasteiger partial charge in [-0.05, 0) is 45.4 Å². The number of amides is 1. The van der Waals surface area contributed by atoms with Crippen molar-refractivity contribution in [3.8, 4) is 22.8 Å². The van der Waals surface area contributed by atoms with E-state index < -0.39 is 12.2 Å². The van der Waals surface area contributed by atoms with Crippen LogP contribution in [-0.4, -0.2) is 49.2 Å². The fraction of sp³-hybridized carbons (Fsp3) is 0.346. The molecule has 1 amide bonds. The molecule has 0 radical (unpaired) electrons. The molecule has 1 atom stereocenters. The summed E-state index contributed by atoms with van der Waals surface area (Å²) in [5, 5.41) is 10.7. The summed E-state index contributed by atoms with van der Waals surface area (Å²) in [7, 11) is 0. The third-order valence-electron chi connectivity index (χ3n) is 6.40. The molecule has 38 heavy (non-hydrogen) atoms. The Morgan fingerprint density at radius 3 is 2.71 bits per heavy atom. The molecule has 4 aromatic rings. The number of hydrogen-bond acceptors (Lipinski definition) is 8. The Morgan fingerprint density at radius 2 is 2.00 bits per heavy atom. The normalized spacial score (nSPS) is 16.6. The van der Waals surface area contributed by atoms with E-state index in [1.807, 2.05) is 45.9 Å². The summed E-state index contributed by atoms with van der Waals surface area (Å²) in [5.41, 5.74) is 2.36. The molecule has 0 bridgehead atoms. The van der Waals surface area contributed by atoms with Gasteiger partial charge in [-0.25, -0.2) is 19.5 Å². The van der Waals surface area contributed by atoms with Crippen LogP contribution in [0.4, 0.5) is 20.4 Å². The standard InChI is InChI=1S/C26H27F2N7O3/c1-14-7-21(31-15(2)30-14)32-22-10-18-8-16(5-6-35(18)34-22)19-11-24(38-25(27)28)29-12-20(19)37-13-17-9-23(36)33-26(17,3)4/h5-8,10-12,17,25H,9,13H2,1-4H3,(H,33,36)(H,30,31,32,34)/t17-/m1/s1. The van der Waals surface area contributed by atoms with Gasteiger partial charge in [-0.3, -0.25) is 4.79 Å². The molecule has 198 valence electrons. The Balaban J connectivity index is 1.45. The Bertz CT molecular complexity index is 1490. The van der Waals surface area contributed by atoms with Gasteiger partial charge in [-0.15, -0.1) is 0 Å². The molecule has 1 fully saturated rings. The monoisotopic (exact) mass is 523 g/mol. The van der Waals surface area contributed by atoms with Crippen LogP contribution >= 0.6 is 0 Å². The minimum Gasteiger partial charge on any atom is -0.491 e. The van der Waals surface area contributed by atoms with Gasteiger partial charge in [0.05, 0.1) is 18.3 Å². The fourth-order valence-corrected chi connectivity index (χ4v) is 4.50. The number of ether oxygens (including phenoxy) is 2. The van der Waals surface area contributed by atoms with Gasteiger partial charge >= 0.3 is 6.61 Å². The first-order chi connectivity index (χ1) is 18.1. The van der Waals surface area contributed by atoms with Crippen LogP contribution in [0.2, 0.25) is 0 Å². The lowest BCUT2D eigenvalue weighted by atomic mass is 9.90. The average molecular weight is 524 g/mol. The second kappa shape index (κ2) is 9.84. The van der Waals surface area contributed by atoms with Gasteiger partial charge in [-0.1, -0.05) is 0 Å². The number of aromatic nitrogens is 5. The van der Waals surface area contributed by atoms with Crippen molar-refractivity contribution in [2.45, 2.75) is 46.3 Å². The number of carbonyl (C=O) groups is 1. The predicted octanol–water partition coefficient (Wildman–Crippen LogP) is 4.44. The lowest BCUT2D eigenvalue weighted by Crippen LogP contribution is -2.41. The van der Waals surface area contributed by atoms with Crippen LogP contribution in [0.5, 0.6) is 11.6 Å². The number of carbonyl (C=O) groups excluding carboxylic acids is 1. The number of fused-ring (bicyclic) bond motifs is 1. The van der Waals surface area contributed by atoms with E-state index >= 15 is 0 Å². The minimum absolute atomic E-state index is 0.0366. The van der Waals surface area contributed by atoms with Crippen LogP contribution < -0.4 is 20.1 Å². The maximum atomic E-state index is 12.9. The van der Waals surface area contributed by atoms with Gasteiger partial charge in [0.2, 0.25) is 11.8 Å². The highest BCUT2D eigenvalue weighted by Gasteiger charge is 2.39. The molecule has 1 saturated heterocycles. The van der Waals surface area contributed by atoms with Crippen molar-refractivity contribution in [2.75, 3.05) is 11.9 Å². The number of hydrogen-bond donors (Lipinski definition) is 2. The van der Waals surface area contributed by atoms with Crippen molar-refractivity contribution in [3.63, 3.8) is 0 Å². The fourth-order valence-electron chi connectivity index (χ4n) is 4.50. The summed E-state index contributed by atoms with van der Waals surface area (Å²) >= 11 is 0.